The van der Waals surface area contributed by atoms with Crippen molar-refractivity contribution in [3.63, 3.8) is 0 Å². The van der Waals surface area contributed by atoms with Gasteiger partial charge in [0.05, 0.1) is 0 Å². The topological polar surface area (TPSA) is 52.7 Å². The third-order valence-corrected chi connectivity index (χ3v) is 5.84. The van der Waals surface area contributed by atoms with Gasteiger partial charge in [-0.3, -0.25) is 0 Å². The summed E-state index contributed by atoms with van der Waals surface area (Å²) >= 11 is 0. The van der Waals surface area contributed by atoms with Crippen LogP contribution in [0.1, 0.15) is 40.0 Å². The zero-order chi connectivity index (χ0) is 13.8. The minimum atomic E-state index is -3.32. The second kappa shape index (κ2) is 6.84. The fourth-order valence-electron chi connectivity index (χ4n) is 2.65. The Labute approximate surface area is 112 Å². The molecule has 0 spiro atoms. The Morgan fingerprint density at radius 2 is 2.06 bits per heavy atom. The van der Waals surface area contributed by atoms with Gasteiger partial charge in [0, 0.05) is 31.7 Å². The summed E-state index contributed by atoms with van der Waals surface area (Å²) in [6, 6.07) is 0.110. The predicted molar refractivity (Wildman–Crippen MR) is 74.7 cm³/mol. The molecule has 1 aliphatic heterocycles. The fourth-order valence-corrected chi connectivity index (χ4v) is 4.69. The lowest BCUT2D eigenvalue weighted by Gasteiger charge is -2.38. The lowest BCUT2D eigenvalue weighted by atomic mass is 10.1. The molecule has 0 bridgehead atoms. The maximum atomic E-state index is 12.7. The molecule has 1 unspecified atom stereocenters. The van der Waals surface area contributed by atoms with Crippen LogP contribution in [-0.2, 0) is 10.2 Å². The maximum absolute atomic E-state index is 12.7. The van der Waals surface area contributed by atoms with E-state index >= 15 is 0 Å². The van der Waals surface area contributed by atoms with Gasteiger partial charge in [0.15, 0.2) is 0 Å². The van der Waals surface area contributed by atoms with Crippen molar-refractivity contribution >= 4 is 10.2 Å². The molecule has 108 valence electrons. The highest BCUT2D eigenvalue weighted by atomic mass is 32.2. The van der Waals surface area contributed by atoms with Crippen LogP contribution in [0.5, 0.6) is 0 Å². The molecule has 1 atom stereocenters. The van der Waals surface area contributed by atoms with E-state index in [1.807, 2.05) is 27.8 Å². The second-order valence-corrected chi connectivity index (χ2v) is 6.96. The first kappa shape index (κ1) is 15.9. The van der Waals surface area contributed by atoms with Crippen LogP contribution < -0.4 is 5.32 Å². The lowest BCUT2D eigenvalue weighted by molar-refractivity contribution is 0.222. The van der Waals surface area contributed by atoms with E-state index in [9.17, 15) is 8.42 Å². The normalized spacial score (nSPS) is 22.9. The molecule has 1 fully saturated rings. The summed E-state index contributed by atoms with van der Waals surface area (Å²) in [5.41, 5.74) is 0. The molecule has 0 aliphatic carbocycles. The molecule has 1 N–H and O–H groups in total. The zero-order valence-electron chi connectivity index (χ0n) is 12.0. The number of piperidine rings is 1. The Morgan fingerprint density at radius 1 is 1.39 bits per heavy atom. The molecule has 6 heteroatoms. The molecule has 1 rings (SSSR count). The van der Waals surface area contributed by atoms with Crippen LogP contribution in [0.2, 0.25) is 0 Å². The minimum Gasteiger partial charge on any atom is -0.318 e. The summed E-state index contributed by atoms with van der Waals surface area (Å²) in [5.74, 6) is 0. The van der Waals surface area contributed by atoms with Crippen molar-refractivity contribution in [1.82, 2.24) is 13.9 Å². The summed E-state index contributed by atoms with van der Waals surface area (Å²) in [6.45, 7) is 7.67. The monoisotopic (exact) mass is 277 g/mol. The molecule has 5 nitrogen and oxygen atoms in total. The molecule has 1 heterocycles. The second-order valence-electron chi connectivity index (χ2n) is 5.12. The van der Waals surface area contributed by atoms with E-state index in [1.54, 1.807) is 8.61 Å². The smallest absolute Gasteiger partial charge is 0.282 e. The van der Waals surface area contributed by atoms with E-state index in [1.165, 1.54) is 0 Å². The van der Waals surface area contributed by atoms with Gasteiger partial charge in [-0.15, -0.1) is 0 Å². The summed E-state index contributed by atoms with van der Waals surface area (Å²) < 4.78 is 28.6. The minimum absolute atomic E-state index is 0.0113. The van der Waals surface area contributed by atoms with Gasteiger partial charge in [-0.1, -0.05) is 13.3 Å². The number of nitrogens with zero attached hydrogens (tertiary/aromatic N) is 2. The van der Waals surface area contributed by atoms with Crippen molar-refractivity contribution in [3.8, 4) is 0 Å². The first-order valence-electron chi connectivity index (χ1n) is 6.88. The van der Waals surface area contributed by atoms with Gasteiger partial charge in [0.2, 0.25) is 0 Å². The van der Waals surface area contributed by atoms with Gasteiger partial charge < -0.3 is 5.32 Å². The quantitative estimate of drug-likeness (QED) is 0.789. The first-order chi connectivity index (χ1) is 8.45. The van der Waals surface area contributed by atoms with Crippen LogP contribution in [0.15, 0.2) is 0 Å². The van der Waals surface area contributed by atoms with Gasteiger partial charge in [-0.25, -0.2) is 0 Å². The summed E-state index contributed by atoms with van der Waals surface area (Å²) in [4.78, 5) is 0. The van der Waals surface area contributed by atoms with Gasteiger partial charge >= 0.3 is 0 Å². The SMILES string of the molecule is CCN(C(C)C)S(=O)(=O)N1CCCCC1CNC. The molecule has 1 aliphatic rings. The van der Waals surface area contributed by atoms with Crippen molar-refractivity contribution in [1.29, 1.82) is 0 Å². The third-order valence-electron chi connectivity index (χ3n) is 3.49. The van der Waals surface area contributed by atoms with Crippen LogP contribution in [0.4, 0.5) is 0 Å². The van der Waals surface area contributed by atoms with Crippen LogP contribution in [0.3, 0.4) is 0 Å². The highest BCUT2D eigenvalue weighted by Crippen LogP contribution is 2.23. The number of likely N-dealkylation sites (N-methyl/N-ethyl adjacent to an activating group) is 1. The average molecular weight is 277 g/mol. The predicted octanol–water partition coefficient (Wildman–Crippen LogP) is 1.04. The van der Waals surface area contributed by atoms with E-state index < -0.39 is 10.2 Å². The molecule has 1 saturated heterocycles. The molecular weight excluding hydrogens is 250 g/mol. The van der Waals surface area contributed by atoms with Crippen molar-refractivity contribution in [2.75, 3.05) is 26.7 Å². The van der Waals surface area contributed by atoms with Crippen LogP contribution >= 0.6 is 0 Å². The van der Waals surface area contributed by atoms with Crippen molar-refractivity contribution < 1.29 is 8.42 Å². The third kappa shape index (κ3) is 3.44. The van der Waals surface area contributed by atoms with Gasteiger partial charge in [-0.05, 0) is 33.7 Å². The molecule has 18 heavy (non-hydrogen) atoms. The Bertz CT molecular complexity index is 341. The number of hydrogen-bond acceptors (Lipinski definition) is 3. The molecule has 0 radical (unpaired) electrons. The van der Waals surface area contributed by atoms with Gasteiger partial charge in [0.25, 0.3) is 10.2 Å². The molecule has 0 aromatic carbocycles. The van der Waals surface area contributed by atoms with E-state index in [4.69, 9.17) is 0 Å². The maximum Gasteiger partial charge on any atom is 0.282 e. The number of hydrogen-bond donors (Lipinski definition) is 1. The van der Waals surface area contributed by atoms with Gasteiger partial charge in [-0.2, -0.15) is 17.0 Å². The fraction of sp³-hybridized carbons (Fsp3) is 1.00. The lowest BCUT2D eigenvalue weighted by Crippen LogP contribution is -2.54. The van der Waals surface area contributed by atoms with E-state index in [0.29, 0.717) is 13.1 Å². The molecule has 0 saturated carbocycles. The molecule has 0 aromatic rings. The van der Waals surface area contributed by atoms with Gasteiger partial charge in [0.1, 0.15) is 0 Å². The Kier molecular flexibility index (Phi) is 6.04. The average Bonchev–Trinajstić information content (AvgIpc) is 2.30. The highest BCUT2D eigenvalue weighted by molar-refractivity contribution is 7.86. The highest BCUT2D eigenvalue weighted by Gasteiger charge is 2.36. The van der Waals surface area contributed by atoms with E-state index in [0.717, 1.165) is 25.8 Å². The number of nitrogens with one attached hydrogen (secondary N) is 1. The van der Waals surface area contributed by atoms with Crippen molar-refractivity contribution in [2.45, 2.75) is 52.1 Å². The first-order valence-corrected chi connectivity index (χ1v) is 8.28. The van der Waals surface area contributed by atoms with Crippen LogP contribution in [-0.4, -0.2) is 55.8 Å². The number of rotatable bonds is 6. The standard InChI is InChI=1S/C12H27N3O2S/c1-5-14(11(2)3)18(16,17)15-9-7-6-8-12(15)10-13-4/h11-13H,5-10H2,1-4H3. The van der Waals surface area contributed by atoms with Crippen molar-refractivity contribution in [2.24, 2.45) is 0 Å². The van der Waals surface area contributed by atoms with E-state index in [2.05, 4.69) is 5.32 Å². The van der Waals surface area contributed by atoms with Crippen LogP contribution in [0, 0.1) is 0 Å². The summed E-state index contributed by atoms with van der Waals surface area (Å²) in [5, 5.41) is 3.10. The zero-order valence-corrected chi connectivity index (χ0v) is 12.8. The Balaban J connectivity index is 2.92. The molecule has 0 amide bonds. The Hall–Kier alpha value is -0.170. The Morgan fingerprint density at radius 3 is 2.56 bits per heavy atom. The molecular formula is C12H27N3O2S. The van der Waals surface area contributed by atoms with Crippen molar-refractivity contribution in [3.05, 3.63) is 0 Å². The van der Waals surface area contributed by atoms with E-state index in [-0.39, 0.29) is 12.1 Å². The summed E-state index contributed by atoms with van der Waals surface area (Å²) in [6.07, 6.45) is 3.04. The van der Waals surface area contributed by atoms with Crippen LogP contribution in [0.25, 0.3) is 0 Å². The summed E-state index contributed by atoms with van der Waals surface area (Å²) in [7, 11) is -1.44. The largest absolute Gasteiger partial charge is 0.318 e. The molecule has 0 aromatic heterocycles.